The first kappa shape index (κ1) is 20.6. The third kappa shape index (κ3) is 3.89. The van der Waals surface area contributed by atoms with E-state index in [1.54, 1.807) is 24.3 Å². The molecule has 156 valence electrons. The molecule has 2 aromatic heterocycles. The van der Waals surface area contributed by atoms with Gasteiger partial charge in [0.15, 0.2) is 16.6 Å². The number of carbonyl (C=O) groups excluding carboxylic acids is 2. The monoisotopic (exact) mass is 432 g/mol. The number of nitrogens with zero attached hydrogens (tertiary/aromatic N) is 3. The summed E-state index contributed by atoms with van der Waals surface area (Å²) in [6.07, 6.45) is 0. The second-order valence-corrected chi connectivity index (χ2v) is 8.31. The van der Waals surface area contributed by atoms with Crippen LogP contribution in [0.3, 0.4) is 0 Å². The Morgan fingerprint density at radius 1 is 1.00 bits per heavy atom. The van der Waals surface area contributed by atoms with Crippen molar-refractivity contribution in [3.05, 3.63) is 75.5 Å². The first-order valence-corrected chi connectivity index (χ1v) is 10.6. The zero-order chi connectivity index (χ0) is 22.1. The number of hydrogen-bond acceptors (Lipinski definition) is 6. The molecule has 1 amide bonds. The van der Waals surface area contributed by atoms with Crippen molar-refractivity contribution in [1.82, 2.24) is 14.8 Å². The lowest BCUT2D eigenvalue weighted by Gasteiger charge is -2.12. The van der Waals surface area contributed by atoms with Gasteiger partial charge in [-0.05, 0) is 19.9 Å². The molecule has 1 N–H and O–H groups in total. The lowest BCUT2D eigenvalue weighted by molar-refractivity contribution is 0.101. The summed E-state index contributed by atoms with van der Waals surface area (Å²) >= 11 is 1.12. The number of rotatable bonds is 5. The smallest absolute Gasteiger partial charge is 0.278 e. The van der Waals surface area contributed by atoms with Gasteiger partial charge in [0, 0.05) is 17.9 Å². The Morgan fingerprint density at radius 2 is 1.65 bits per heavy atom. The second kappa shape index (κ2) is 8.23. The van der Waals surface area contributed by atoms with Crippen molar-refractivity contribution in [2.75, 3.05) is 5.32 Å². The molecule has 0 saturated heterocycles. The molecule has 0 fully saturated rings. The first-order chi connectivity index (χ1) is 14.9. The average molecular weight is 433 g/mol. The van der Waals surface area contributed by atoms with Gasteiger partial charge in [-0.25, -0.2) is 9.67 Å². The molecule has 0 aliphatic rings. The topological polar surface area (TPSA) is 94.0 Å². The van der Waals surface area contributed by atoms with E-state index in [9.17, 15) is 14.4 Å². The number of fused-ring (bicyclic) bond motifs is 1. The van der Waals surface area contributed by atoms with E-state index in [1.807, 2.05) is 44.2 Å². The summed E-state index contributed by atoms with van der Waals surface area (Å²) in [6.45, 7) is 5.13. The van der Waals surface area contributed by atoms with Crippen LogP contribution in [0.5, 0.6) is 0 Å². The Kier molecular flexibility index (Phi) is 5.48. The SMILES string of the molecule is CC(=O)c1sc(NC(=O)c2nn(C(C)C)c(=O)c3ccccc23)nc1-c1ccccc1. The van der Waals surface area contributed by atoms with Gasteiger partial charge >= 0.3 is 0 Å². The molecule has 31 heavy (non-hydrogen) atoms. The molecule has 0 aliphatic carbocycles. The lowest BCUT2D eigenvalue weighted by atomic mass is 10.1. The Morgan fingerprint density at radius 3 is 2.29 bits per heavy atom. The minimum absolute atomic E-state index is 0.129. The van der Waals surface area contributed by atoms with Crippen molar-refractivity contribution < 1.29 is 9.59 Å². The molecule has 2 aromatic carbocycles. The van der Waals surface area contributed by atoms with E-state index in [1.165, 1.54) is 11.6 Å². The van der Waals surface area contributed by atoms with E-state index in [2.05, 4.69) is 15.4 Å². The van der Waals surface area contributed by atoms with Gasteiger partial charge in [-0.2, -0.15) is 5.10 Å². The molecular formula is C23H20N4O3S. The molecular weight excluding hydrogens is 412 g/mol. The maximum absolute atomic E-state index is 13.1. The summed E-state index contributed by atoms with van der Waals surface area (Å²) in [4.78, 5) is 42.9. The highest BCUT2D eigenvalue weighted by Crippen LogP contribution is 2.32. The van der Waals surface area contributed by atoms with Gasteiger partial charge in [0.2, 0.25) is 0 Å². The normalized spacial score (nSPS) is 11.1. The number of anilines is 1. The van der Waals surface area contributed by atoms with Gasteiger partial charge < -0.3 is 0 Å². The molecule has 4 aromatic rings. The van der Waals surface area contributed by atoms with E-state index in [4.69, 9.17) is 0 Å². The predicted molar refractivity (Wildman–Crippen MR) is 122 cm³/mol. The van der Waals surface area contributed by atoms with Gasteiger partial charge in [0.05, 0.1) is 22.0 Å². The molecule has 0 atom stereocenters. The van der Waals surface area contributed by atoms with Crippen LogP contribution in [0, 0.1) is 0 Å². The number of ketones is 1. The minimum Gasteiger partial charge on any atom is -0.296 e. The summed E-state index contributed by atoms with van der Waals surface area (Å²) in [6, 6.07) is 16.0. The highest BCUT2D eigenvalue weighted by Gasteiger charge is 2.21. The molecule has 0 unspecified atom stereocenters. The third-order valence-corrected chi connectivity index (χ3v) is 5.82. The van der Waals surface area contributed by atoms with Gasteiger partial charge in [0.1, 0.15) is 0 Å². The molecule has 2 heterocycles. The van der Waals surface area contributed by atoms with Crippen LogP contribution in [-0.4, -0.2) is 26.5 Å². The van der Waals surface area contributed by atoms with Gasteiger partial charge in [-0.3, -0.25) is 19.7 Å². The van der Waals surface area contributed by atoms with Crippen LogP contribution in [0.15, 0.2) is 59.4 Å². The van der Waals surface area contributed by atoms with E-state index in [0.717, 1.165) is 16.9 Å². The van der Waals surface area contributed by atoms with Crippen molar-refractivity contribution in [1.29, 1.82) is 0 Å². The fraction of sp³-hybridized carbons (Fsp3) is 0.174. The molecule has 0 bridgehead atoms. The molecule has 0 aliphatic heterocycles. The van der Waals surface area contributed by atoms with Crippen molar-refractivity contribution in [3.63, 3.8) is 0 Å². The van der Waals surface area contributed by atoms with Crippen molar-refractivity contribution in [2.24, 2.45) is 0 Å². The fourth-order valence-corrected chi connectivity index (χ4v) is 4.16. The van der Waals surface area contributed by atoms with Gasteiger partial charge in [-0.1, -0.05) is 59.9 Å². The summed E-state index contributed by atoms with van der Waals surface area (Å²) < 4.78 is 1.30. The number of hydrogen-bond donors (Lipinski definition) is 1. The molecule has 0 radical (unpaired) electrons. The Balaban J connectivity index is 1.78. The zero-order valence-electron chi connectivity index (χ0n) is 17.2. The van der Waals surface area contributed by atoms with Crippen molar-refractivity contribution in [2.45, 2.75) is 26.8 Å². The van der Waals surface area contributed by atoms with Crippen LogP contribution in [0.25, 0.3) is 22.0 Å². The van der Waals surface area contributed by atoms with Crippen LogP contribution in [0.2, 0.25) is 0 Å². The summed E-state index contributed by atoms with van der Waals surface area (Å²) in [7, 11) is 0. The predicted octanol–water partition coefficient (Wildman–Crippen LogP) is 4.56. The van der Waals surface area contributed by atoms with Crippen LogP contribution in [0.1, 0.15) is 47.0 Å². The summed E-state index contributed by atoms with van der Waals surface area (Å²) in [5.41, 5.74) is 1.20. The number of carbonyl (C=O) groups is 2. The molecule has 7 nitrogen and oxygen atoms in total. The number of aromatic nitrogens is 3. The molecule has 0 spiro atoms. The maximum Gasteiger partial charge on any atom is 0.278 e. The van der Waals surface area contributed by atoms with Crippen molar-refractivity contribution in [3.8, 4) is 11.3 Å². The standard InChI is InChI=1S/C23H20N4O3S/c1-13(2)27-22(30)17-12-8-7-11-16(17)19(26-27)21(29)25-23-24-18(20(31-23)14(3)28)15-9-5-4-6-10-15/h4-13H,1-3H3,(H,24,25,29). The third-order valence-electron chi connectivity index (χ3n) is 4.75. The molecule has 4 rings (SSSR count). The Bertz CT molecular complexity index is 1360. The van der Waals surface area contributed by atoms with Crippen molar-refractivity contribution >= 4 is 38.9 Å². The number of Topliss-reactive ketones (excluding diaryl/α,β-unsaturated/α-hetero) is 1. The highest BCUT2D eigenvalue weighted by atomic mass is 32.1. The molecule has 0 saturated carbocycles. The second-order valence-electron chi connectivity index (χ2n) is 7.31. The van der Waals surface area contributed by atoms with Crippen LogP contribution in [-0.2, 0) is 0 Å². The Labute approximate surface area is 182 Å². The highest BCUT2D eigenvalue weighted by molar-refractivity contribution is 7.18. The first-order valence-electron chi connectivity index (χ1n) is 9.77. The summed E-state index contributed by atoms with van der Waals surface area (Å²) in [5, 5.41) is 8.26. The van der Waals surface area contributed by atoms with Crippen LogP contribution < -0.4 is 10.9 Å². The van der Waals surface area contributed by atoms with E-state index >= 15 is 0 Å². The van der Waals surface area contributed by atoms with E-state index in [0.29, 0.717) is 26.5 Å². The lowest BCUT2D eigenvalue weighted by Crippen LogP contribution is -2.28. The number of benzene rings is 2. The summed E-state index contributed by atoms with van der Waals surface area (Å²) in [5.74, 6) is -0.622. The largest absolute Gasteiger partial charge is 0.296 e. The zero-order valence-corrected chi connectivity index (χ0v) is 18.1. The number of thiazole rings is 1. The quantitative estimate of drug-likeness (QED) is 0.467. The molecule has 8 heteroatoms. The van der Waals surface area contributed by atoms with Crippen LogP contribution in [0.4, 0.5) is 5.13 Å². The van der Waals surface area contributed by atoms with Gasteiger partial charge in [-0.15, -0.1) is 0 Å². The number of amides is 1. The van der Waals surface area contributed by atoms with E-state index in [-0.39, 0.29) is 23.1 Å². The maximum atomic E-state index is 13.1. The van der Waals surface area contributed by atoms with E-state index < -0.39 is 5.91 Å². The number of nitrogens with one attached hydrogen (secondary N) is 1. The van der Waals surface area contributed by atoms with Gasteiger partial charge in [0.25, 0.3) is 11.5 Å². The average Bonchev–Trinajstić information content (AvgIpc) is 3.18. The minimum atomic E-state index is -0.492. The fourth-order valence-electron chi connectivity index (χ4n) is 3.28. The van der Waals surface area contributed by atoms with Crippen LogP contribution >= 0.6 is 11.3 Å². The Hall–Kier alpha value is -3.65.